The first-order valence-electron chi connectivity index (χ1n) is 2.73. The van der Waals surface area contributed by atoms with Gasteiger partial charge in [0.1, 0.15) is 5.04 Å². The van der Waals surface area contributed by atoms with Gasteiger partial charge in [-0.3, -0.25) is 4.99 Å². The molecule has 0 amide bonds. The molecule has 0 aliphatic rings. The SMILES string of the molecule is C#CC/C=C\C(=NC)SS. The van der Waals surface area contributed by atoms with Gasteiger partial charge in [0.15, 0.2) is 0 Å². The molecule has 0 aromatic carbocycles. The van der Waals surface area contributed by atoms with Crippen molar-refractivity contribution >= 4 is 27.5 Å². The Morgan fingerprint density at radius 3 is 3.00 bits per heavy atom. The summed E-state index contributed by atoms with van der Waals surface area (Å²) in [5, 5.41) is 0.874. The highest BCUT2D eigenvalue weighted by Crippen LogP contribution is 2.09. The Morgan fingerprint density at radius 1 is 1.90 bits per heavy atom. The molecule has 0 radical (unpaired) electrons. The lowest BCUT2D eigenvalue weighted by Gasteiger charge is -1.88. The van der Waals surface area contributed by atoms with E-state index in [9.17, 15) is 0 Å². The van der Waals surface area contributed by atoms with Gasteiger partial charge in [0.2, 0.25) is 0 Å². The minimum absolute atomic E-state index is 0.646. The Balaban J connectivity index is 3.77. The molecule has 1 nitrogen and oxygen atoms in total. The van der Waals surface area contributed by atoms with Crippen LogP contribution in [-0.4, -0.2) is 12.1 Å². The average molecular weight is 171 g/mol. The van der Waals surface area contributed by atoms with Crippen molar-refractivity contribution in [2.24, 2.45) is 4.99 Å². The maximum Gasteiger partial charge on any atom is 0.100 e. The van der Waals surface area contributed by atoms with E-state index in [1.54, 1.807) is 7.05 Å². The van der Waals surface area contributed by atoms with Crippen LogP contribution in [0.3, 0.4) is 0 Å². The first-order valence-corrected chi connectivity index (χ1v) is 4.60. The van der Waals surface area contributed by atoms with Crippen molar-refractivity contribution in [2.45, 2.75) is 6.42 Å². The smallest absolute Gasteiger partial charge is 0.100 e. The maximum atomic E-state index is 5.03. The lowest BCUT2D eigenvalue weighted by atomic mass is 10.4. The summed E-state index contributed by atoms with van der Waals surface area (Å²) in [6.45, 7) is 0. The van der Waals surface area contributed by atoms with E-state index in [-0.39, 0.29) is 0 Å². The van der Waals surface area contributed by atoms with Crippen LogP contribution in [0.25, 0.3) is 0 Å². The van der Waals surface area contributed by atoms with Crippen LogP contribution >= 0.6 is 22.5 Å². The highest BCUT2D eigenvalue weighted by Gasteiger charge is 1.85. The van der Waals surface area contributed by atoms with Crippen LogP contribution in [-0.2, 0) is 0 Å². The fraction of sp³-hybridized carbons (Fsp3) is 0.286. The number of hydrogen-bond donors (Lipinski definition) is 1. The zero-order valence-corrected chi connectivity index (χ0v) is 7.45. The molecule has 0 aliphatic carbocycles. The van der Waals surface area contributed by atoms with E-state index in [4.69, 9.17) is 6.42 Å². The van der Waals surface area contributed by atoms with Crippen LogP contribution in [0.1, 0.15) is 6.42 Å². The molecule has 0 saturated heterocycles. The van der Waals surface area contributed by atoms with E-state index >= 15 is 0 Å². The predicted octanol–water partition coefficient (Wildman–Crippen LogP) is 2.17. The second-order valence-electron chi connectivity index (χ2n) is 1.46. The second kappa shape index (κ2) is 6.79. The Hall–Kier alpha value is -0.330. The molecule has 0 heterocycles. The van der Waals surface area contributed by atoms with Gasteiger partial charge in [0, 0.05) is 13.5 Å². The van der Waals surface area contributed by atoms with Crippen molar-refractivity contribution in [1.29, 1.82) is 0 Å². The van der Waals surface area contributed by atoms with Crippen molar-refractivity contribution in [3.8, 4) is 12.3 Å². The zero-order valence-electron chi connectivity index (χ0n) is 5.74. The van der Waals surface area contributed by atoms with Gasteiger partial charge in [-0.2, -0.15) is 0 Å². The predicted molar refractivity (Wildman–Crippen MR) is 52.5 cm³/mol. The van der Waals surface area contributed by atoms with Crippen LogP contribution in [0.4, 0.5) is 0 Å². The van der Waals surface area contributed by atoms with Gasteiger partial charge in [-0.1, -0.05) is 6.08 Å². The van der Waals surface area contributed by atoms with Gasteiger partial charge in [-0.25, -0.2) is 0 Å². The third-order valence-electron chi connectivity index (χ3n) is 0.810. The molecule has 0 rings (SSSR count). The molecular formula is C7H9NS2. The average Bonchev–Trinajstić information content (AvgIpc) is 1.99. The van der Waals surface area contributed by atoms with Crippen molar-refractivity contribution in [3.63, 3.8) is 0 Å². The molecule has 10 heavy (non-hydrogen) atoms. The molecule has 0 N–H and O–H groups in total. The number of allylic oxidation sites excluding steroid dienone is 1. The van der Waals surface area contributed by atoms with Crippen molar-refractivity contribution in [2.75, 3.05) is 7.05 Å². The summed E-state index contributed by atoms with van der Waals surface area (Å²) in [6.07, 6.45) is 9.42. The van der Waals surface area contributed by atoms with E-state index in [1.165, 1.54) is 10.8 Å². The molecule has 0 saturated carbocycles. The summed E-state index contributed by atoms with van der Waals surface area (Å²) >= 11 is 3.98. The molecule has 3 heteroatoms. The molecule has 0 aromatic heterocycles. The summed E-state index contributed by atoms with van der Waals surface area (Å²) < 4.78 is 0. The minimum Gasteiger partial charge on any atom is -0.281 e. The topological polar surface area (TPSA) is 12.4 Å². The minimum atomic E-state index is 0.646. The third kappa shape index (κ3) is 4.54. The summed E-state index contributed by atoms with van der Waals surface area (Å²) in [5.74, 6) is 2.50. The van der Waals surface area contributed by atoms with Gasteiger partial charge in [0.25, 0.3) is 0 Å². The van der Waals surface area contributed by atoms with Gasteiger partial charge < -0.3 is 0 Å². The van der Waals surface area contributed by atoms with Crippen LogP contribution < -0.4 is 0 Å². The number of hydrogen-bond acceptors (Lipinski definition) is 3. The molecule has 54 valence electrons. The van der Waals surface area contributed by atoms with Gasteiger partial charge in [-0.15, -0.1) is 24.0 Å². The van der Waals surface area contributed by atoms with Gasteiger partial charge in [0.05, 0.1) is 0 Å². The van der Waals surface area contributed by atoms with Crippen LogP contribution in [0, 0.1) is 12.3 Å². The normalized spacial score (nSPS) is 11.9. The van der Waals surface area contributed by atoms with Crippen LogP contribution in [0.15, 0.2) is 17.1 Å². The number of thiol groups is 1. The summed E-state index contributed by atoms with van der Waals surface area (Å²) in [7, 11) is 3.03. The highest BCUT2D eigenvalue weighted by atomic mass is 33.1. The molecule has 0 spiro atoms. The Labute approximate surface area is 70.8 Å². The number of terminal acetylenes is 1. The fourth-order valence-corrected chi connectivity index (χ4v) is 1.04. The molecular weight excluding hydrogens is 162 g/mol. The van der Waals surface area contributed by atoms with Gasteiger partial charge in [-0.05, 0) is 16.9 Å². The van der Waals surface area contributed by atoms with E-state index in [1.807, 2.05) is 12.2 Å². The van der Waals surface area contributed by atoms with Crippen molar-refractivity contribution in [3.05, 3.63) is 12.2 Å². The number of aliphatic imine (C=N–C) groups is 1. The molecule has 0 atom stereocenters. The highest BCUT2D eigenvalue weighted by molar-refractivity contribution is 8.75. The Kier molecular flexibility index (Phi) is 6.56. The lowest BCUT2D eigenvalue weighted by molar-refractivity contribution is 1.45. The monoisotopic (exact) mass is 171 g/mol. The van der Waals surface area contributed by atoms with Crippen LogP contribution in [0.2, 0.25) is 0 Å². The first kappa shape index (κ1) is 9.67. The zero-order chi connectivity index (χ0) is 7.82. The quantitative estimate of drug-likeness (QED) is 0.221. The van der Waals surface area contributed by atoms with Crippen molar-refractivity contribution in [1.82, 2.24) is 0 Å². The molecule has 0 bridgehead atoms. The molecule has 0 aliphatic heterocycles. The van der Waals surface area contributed by atoms with E-state index in [0.29, 0.717) is 6.42 Å². The third-order valence-corrected chi connectivity index (χ3v) is 1.88. The standard InChI is InChI=1S/C7H9NS2/c1-3-4-5-6-7(8-2)10-9/h1,5-6,9H,4H2,2H3/b6-5-,8-7?. The fourth-order valence-electron chi connectivity index (χ4n) is 0.374. The Morgan fingerprint density at radius 2 is 2.60 bits per heavy atom. The summed E-state index contributed by atoms with van der Waals surface area (Å²) in [5.41, 5.74) is 0. The second-order valence-corrected chi connectivity index (χ2v) is 2.61. The first-order chi connectivity index (χ1) is 4.85. The van der Waals surface area contributed by atoms with Crippen molar-refractivity contribution < 1.29 is 0 Å². The summed E-state index contributed by atoms with van der Waals surface area (Å²) in [6, 6.07) is 0. The largest absolute Gasteiger partial charge is 0.281 e. The molecule has 0 unspecified atom stereocenters. The van der Waals surface area contributed by atoms with Gasteiger partial charge >= 0.3 is 0 Å². The number of rotatable bonds is 2. The van der Waals surface area contributed by atoms with E-state index < -0.39 is 0 Å². The maximum absolute atomic E-state index is 5.03. The Bertz CT molecular complexity index is 177. The molecule has 0 fully saturated rings. The summed E-state index contributed by atoms with van der Waals surface area (Å²) in [4.78, 5) is 3.93. The molecule has 0 aromatic rings. The van der Waals surface area contributed by atoms with Crippen LogP contribution in [0.5, 0.6) is 0 Å². The lowest BCUT2D eigenvalue weighted by Crippen LogP contribution is -1.79. The van der Waals surface area contributed by atoms with E-state index in [0.717, 1.165) is 5.04 Å². The number of nitrogens with zero attached hydrogens (tertiary/aromatic N) is 1. The van der Waals surface area contributed by atoms with E-state index in [2.05, 4.69) is 22.6 Å².